The largest absolute Gasteiger partial charge is 0.481 e. The summed E-state index contributed by atoms with van der Waals surface area (Å²) in [5, 5.41) is 8.83. The summed E-state index contributed by atoms with van der Waals surface area (Å²) in [6.07, 6.45) is 3.48. The number of ether oxygens (including phenoxy) is 2. The van der Waals surface area contributed by atoms with Gasteiger partial charge in [-0.05, 0) is 25.7 Å². The Morgan fingerprint density at radius 1 is 1.15 bits per heavy atom. The van der Waals surface area contributed by atoms with Crippen molar-refractivity contribution in [3.05, 3.63) is 0 Å². The van der Waals surface area contributed by atoms with Crippen LogP contribution in [0, 0.1) is 5.92 Å². The van der Waals surface area contributed by atoms with Crippen LogP contribution in [0.3, 0.4) is 0 Å². The molecule has 20 heavy (non-hydrogen) atoms. The van der Waals surface area contributed by atoms with Gasteiger partial charge in [0.1, 0.15) is 0 Å². The van der Waals surface area contributed by atoms with Crippen LogP contribution in [0.2, 0.25) is 0 Å². The Morgan fingerprint density at radius 2 is 1.90 bits per heavy atom. The highest BCUT2D eigenvalue weighted by molar-refractivity contribution is 5.79. The molecule has 6 nitrogen and oxygen atoms in total. The molecule has 2 rings (SSSR count). The summed E-state index contributed by atoms with van der Waals surface area (Å²) >= 11 is 0. The average molecular weight is 285 g/mol. The predicted octanol–water partition coefficient (Wildman–Crippen LogP) is 0.895. The summed E-state index contributed by atoms with van der Waals surface area (Å²) in [6, 6.07) is 0. The van der Waals surface area contributed by atoms with Crippen molar-refractivity contribution in [3.63, 3.8) is 0 Å². The summed E-state index contributed by atoms with van der Waals surface area (Å²) in [5.41, 5.74) is 0. The van der Waals surface area contributed by atoms with Crippen LogP contribution in [0.15, 0.2) is 0 Å². The number of carboxylic acids is 1. The molecule has 6 heteroatoms. The normalized spacial score (nSPS) is 23.7. The molecule has 1 atom stereocenters. The first-order valence-corrected chi connectivity index (χ1v) is 7.36. The van der Waals surface area contributed by atoms with Crippen molar-refractivity contribution in [3.8, 4) is 0 Å². The number of hydrogen-bond acceptors (Lipinski definition) is 4. The van der Waals surface area contributed by atoms with E-state index in [4.69, 9.17) is 14.6 Å². The molecule has 2 aliphatic heterocycles. The Balaban J connectivity index is 1.91. The lowest BCUT2D eigenvalue weighted by Crippen LogP contribution is -2.43. The molecule has 0 aromatic carbocycles. The van der Waals surface area contributed by atoms with E-state index in [1.165, 1.54) is 0 Å². The van der Waals surface area contributed by atoms with Gasteiger partial charge in [0, 0.05) is 38.8 Å². The second-order valence-electron chi connectivity index (χ2n) is 5.45. The smallest absolute Gasteiger partial charge is 0.305 e. The lowest BCUT2D eigenvalue weighted by Gasteiger charge is -2.30. The SMILES string of the molecule is O=C(O)CCN(CC1CCCO1)C(=O)C1CCOCC1. The summed E-state index contributed by atoms with van der Waals surface area (Å²) in [5.74, 6) is -0.842. The second kappa shape index (κ2) is 7.59. The molecule has 0 aliphatic carbocycles. The number of aliphatic carboxylic acids is 1. The molecule has 114 valence electrons. The van der Waals surface area contributed by atoms with Crippen molar-refractivity contribution in [2.45, 2.75) is 38.2 Å². The molecule has 2 saturated heterocycles. The van der Waals surface area contributed by atoms with E-state index in [9.17, 15) is 9.59 Å². The Labute approximate surface area is 119 Å². The van der Waals surface area contributed by atoms with Gasteiger partial charge in [-0.15, -0.1) is 0 Å². The van der Waals surface area contributed by atoms with E-state index in [-0.39, 0.29) is 30.9 Å². The fourth-order valence-electron chi connectivity index (χ4n) is 2.76. The van der Waals surface area contributed by atoms with E-state index >= 15 is 0 Å². The summed E-state index contributed by atoms with van der Waals surface area (Å²) < 4.78 is 10.8. The first-order chi connectivity index (χ1) is 9.66. The van der Waals surface area contributed by atoms with Crippen LogP contribution in [0.1, 0.15) is 32.1 Å². The molecule has 1 amide bonds. The summed E-state index contributed by atoms with van der Waals surface area (Å²) in [4.78, 5) is 25.0. The monoisotopic (exact) mass is 285 g/mol. The molecule has 0 radical (unpaired) electrons. The number of amides is 1. The molecule has 0 spiro atoms. The van der Waals surface area contributed by atoms with Gasteiger partial charge in [0.15, 0.2) is 0 Å². The van der Waals surface area contributed by atoms with Gasteiger partial charge < -0.3 is 19.5 Å². The minimum absolute atomic E-state index is 0.0122. The third-order valence-electron chi connectivity index (χ3n) is 3.93. The molecule has 2 fully saturated rings. The van der Waals surface area contributed by atoms with Crippen LogP contribution < -0.4 is 0 Å². The zero-order valence-corrected chi connectivity index (χ0v) is 11.8. The van der Waals surface area contributed by atoms with Gasteiger partial charge in [-0.25, -0.2) is 0 Å². The Bertz CT molecular complexity index is 334. The highest BCUT2D eigenvalue weighted by Gasteiger charge is 2.29. The zero-order chi connectivity index (χ0) is 14.4. The molecule has 0 aromatic heterocycles. The second-order valence-corrected chi connectivity index (χ2v) is 5.45. The number of nitrogens with zero attached hydrogens (tertiary/aromatic N) is 1. The minimum atomic E-state index is -0.873. The van der Waals surface area contributed by atoms with E-state index in [0.717, 1.165) is 32.3 Å². The van der Waals surface area contributed by atoms with Crippen LogP contribution in [0.25, 0.3) is 0 Å². The fourth-order valence-corrected chi connectivity index (χ4v) is 2.76. The van der Waals surface area contributed by atoms with Gasteiger partial charge in [0.05, 0.1) is 12.5 Å². The number of carbonyl (C=O) groups excluding carboxylic acids is 1. The fraction of sp³-hybridized carbons (Fsp3) is 0.857. The van der Waals surface area contributed by atoms with Crippen molar-refractivity contribution in [1.82, 2.24) is 4.90 Å². The van der Waals surface area contributed by atoms with Crippen LogP contribution >= 0.6 is 0 Å². The maximum atomic E-state index is 12.5. The molecule has 1 unspecified atom stereocenters. The molecule has 1 N–H and O–H groups in total. The molecule has 0 bridgehead atoms. The van der Waals surface area contributed by atoms with Gasteiger partial charge in [-0.3, -0.25) is 9.59 Å². The van der Waals surface area contributed by atoms with Crippen molar-refractivity contribution >= 4 is 11.9 Å². The molecule has 2 heterocycles. The number of carboxylic acid groups (broad SMARTS) is 1. The highest BCUT2D eigenvalue weighted by atomic mass is 16.5. The summed E-state index contributed by atoms with van der Waals surface area (Å²) in [6.45, 7) is 2.75. The lowest BCUT2D eigenvalue weighted by atomic mass is 9.98. The van der Waals surface area contributed by atoms with Crippen LogP contribution in [-0.2, 0) is 19.1 Å². The van der Waals surface area contributed by atoms with E-state index in [1.54, 1.807) is 4.90 Å². The third-order valence-corrected chi connectivity index (χ3v) is 3.93. The van der Waals surface area contributed by atoms with E-state index in [1.807, 2.05) is 0 Å². The molecular weight excluding hydrogens is 262 g/mol. The van der Waals surface area contributed by atoms with Crippen molar-refractivity contribution in [2.75, 3.05) is 32.9 Å². The van der Waals surface area contributed by atoms with Crippen LogP contribution in [0.5, 0.6) is 0 Å². The third kappa shape index (κ3) is 4.45. The van der Waals surface area contributed by atoms with E-state index in [2.05, 4.69) is 0 Å². The lowest BCUT2D eigenvalue weighted by molar-refractivity contribution is -0.142. The molecule has 0 saturated carbocycles. The number of rotatable bonds is 6. The van der Waals surface area contributed by atoms with E-state index in [0.29, 0.717) is 19.8 Å². The average Bonchev–Trinajstić information content (AvgIpc) is 2.96. The Hall–Kier alpha value is -1.14. The molecular formula is C14H23NO5. The van der Waals surface area contributed by atoms with E-state index < -0.39 is 5.97 Å². The Morgan fingerprint density at radius 3 is 2.50 bits per heavy atom. The first kappa shape index (κ1) is 15.3. The molecule has 0 aromatic rings. The maximum Gasteiger partial charge on any atom is 0.305 e. The number of hydrogen-bond donors (Lipinski definition) is 1. The Kier molecular flexibility index (Phi) is 5.79. The van der Waals surface area contributed by atoms with Crippen LogP contribution in [0.4, 0.5) is 0 Å². The van der Waals surface area contributed by atoms with Crippen molar-refractivity contribution < 1.29 is 24.2 Å². The van der Waals surface area contributed by atoms with Gasteiger partial charge in [0.25, 0.3) is 0 Å². The quantitative estimate of drug-likeness (QED) is 0.784. The zero-order valence-electron chi connectivity index (χ0n) is 11.8. The van der Waals surface area contributed by atoms with Crippen LogP contribution in [-0.4, -0.2) is 60.9 Å². The van der Waals surface area contributed by atoms with Gasteiger partial charge in [-0.1, -0.05) is 0 Å². The highest BCUT2D eigenvalue weighted by Crippen LogP contribution is 2.20. The predicted molar refractivity (Wildman–Crippen MR) is 71.3 cm³/mol. The maximum absolute atomic E-state index is 12.5. The molecule has 2 aliphatic rings. The summed E-state index contributed by atoms with van der Waals surface area (Å²) in [7, 11) is 0. The van der Waals surface area contributed by atoms with Crippen molar-refractivity contribution in [2.24, 2.45) is 5.92 Å². The van der Waals surface area contributed by atoms with Gasteiger partial charge in [-0.2, -0.15) is 0 Å². The standard InChI is InChI=1S/C14H23NO5/c16-13(17)3-6-15(10-12-2-1-7-20-12)14(18)11-4-8-19-9-5-11/h11-12H,1-10H2,(H,16,17). The van der Waals surface area contributed by atoms with Gasteiger partial charge >= 0.3 is 5.97 Å². The minimum Gasteiger partial charge on any atom is -0.481 e. The van der Waals surface area contributed by atoms with Crippen molar-refractivity contribution in [1.29, 1.82) is 0 Å². The first-order valence-electron chi connectivity index (χ1n) is 7.36. The number of carbonyl (C=O) groups is 2. The van der Waals surface area contributed by atoms with Gasteiger partial charge in [0.2, 0.25) is 5.91 Å². The topological polar surface area (TPSA) is 76.1 Å².